The number of para-hydroxylation sites is 1. The number of rotatable bonds is 6. The van der Waals surface area contributed by atoms with Gasteiger partial charge in [0.05, 0.1) is 0 Å². The number of carbonyl (C=O) groups is 2. The van der Waals surface area contributed by atoms with Gasteiger partial charge >= 0.3 is 0 Å². The SMILES string of the molecule is CNCCC1CCN(C(=O)c2cccc(C(=O)N(C)c3ccccc3)c2)CC1. The Kier molecular flexibility index (Phi) is 6.82. The largest absolute Gasteiger partial charge is 0.339 e. The third-order valence-corrected chi connectivity index (χ3v) is 5.51. The summed E-state index contributed by atoms with van der Waals surface area (Å²) < 4.78 is 0. The second kappa shape index (κ2) is 9.51. The van der Waals surface area contributed by atoms with Gasteiger partial charge < -0.3 is 15.1 Å². The van der Waals surface area contributed by atoms with E-state index in [0.717, 1.165) is 44.6 Å². The molecule has 2 amide bonds. The van der Waals surface area contributed by atoms with Crippen molar-refractivity contribution in [2.45, 2.75) is 19.3 Å². The first-order chi connectivity index (χ1) is 13.6. The second-order valence-electron chi connectivity index (χ2n) is 7.41. The number of benzene rings is 2. The lowest BCUT2D eigenvalue weighted by Crippen LogP contribution is -2.39. The maximum absolute atomic E-state index is 12.9. The van der Waals surface area contributed by atoms with Gasteiger partial charge in [0.1, 0.15) is 0 Å². The highest BCUT2D eigenvalue weighted by atomic mass is 16.2. The molecule has 1 saturated heterocycles. The summed E-state index contributed by atoms with van der Waals surface area (Å²) in [5, 5.41) is 3.20. The molecule has 1 aliphatic heterocycles. The van der Waals surface area contributed by atoms with Crippen LogP contribution in [0, 0.1) is 5.92 Å². The first-order valence-corrected chi connectivity index (χ1v) is 9.97. The van der Waals surface area contributed by atoms with Gasteiger partial charge in [-0.2, -0.15) is 0 Å². The molecule has 5 heteroatoms. The third-order valence-electron chi connectivity index (χ3n) is 5.51. The van der Waals surface area contributed by atoms with Crippen LogP contribution >= 0.6 is 0 Å². The van der Waals surface area contributed by atoms with Crippen molar-refractivity contribution < 1.29 is 9.59 Å². The summed E-state index contributed by atoms with van der Waals surface area (Å²) in [4.78, 5) is 29.3. The fourth-order valence-electron chi connectivity index (χ4n) is 3.70. The molecule has 0 radical (unpaired) electrons. The van der Waals surface area contributed by atoms with Crippen molar-refractivity contribution in [1.82, 2.24) is 10.2 Å². The van der Waals surface area contributed by atoms with Gasteiger partial charge in [-0.1, -0.05) is 24.3 Å². The number of piperidine rings is 1. The molecule has 0 aliphatic carbocycles. The predicted octanol–water partition coefficient (Wildman–Crippen LogP) is 3.42. The highest BCUT2D eigenvalue weighted by molar-refractivity contribution is 6.07. The number of anilines is 1. The van der Waals surface area contributed by atoms with E-state index in [4.69, 9.17) is 0 Å². The summed E-state index contributed by atoms with van der Waals surface area (Å²) in [5.74, 6) is 0.583. The van der Waals surface area contributed by atoms with Crippen LogP contribution in [0.25, 0.3) is 0 Å². The summed E-state index contributed by atoms with van der Waals surface area (Å²) in [7, 11) is 3.73. The number of likely N-dealkylation sites (tertiary alicyclic amines) is 1. The van der Waals surface area contributed by atoms with Gasteiger partial charge in [0.2, 0.25) is 0 Å². The van der Waals surface area contributed by atoms with Gasteiger partial charge in [-0.05, 0) is 69.1 Å². The maximum atomic E-state index is 12.9. The van der Waals surface area contributed by atoms with Crippen LogP contribution in [0.3, 0.4) is 0 Å². The molecule has 0 aromatic heterocycles. The molecule has 0 saturated carbocycles. The van der Waals surface area contributed by atoms with Crippen LogP contribution in [0.5, 0.6) is 0 Å². The van der Waals surface area contributed by atoms with E-state index in [1.165, 1.54) is 0 Å². The summed E-state index contributed by atoms with van der Waals surface area (Å²) in [6.45, 7) is 2.60. The first-order valence-electron chi connectivity index (χ1n) is 9.97. The molecule has 5 nitrogen and oxygen atoms in total. The Morgan fingerprint density at radius 1 is 1.04 bits per heavy atom. The van der Waals surface area contributed by atoms with E-state index >= 15 is 0 Å². The number of nitrogens with zero attached hydrogens (tertiary/aromatic N) is 2. The van der Waals surface area contributed by atoms with Crippen molar-refractivity contribution in [3.8, 4) is 0 Å². The van der Waals surface area contributed by atoms with Crippen LogP contribution in [0.15, 0.2) is 54.6 Å². The van der Waals surface area contributed by atoms with Gasteiger partial charge in [-0.3, -0.25) is 9.59 Å². The molecular weight excluding hydrogens is 350 g/mol. The lowest BCUT2D eigenvalue weighted by atomic mass is 9.93. The molecule has 0 bridgehead atoms. The van der Waals surface area contributed by atoms with Crippen molar-refractivity contribution in [3.05, 3.63) is 65.7 Å². The minimum atomic E-state index is -0.119. The van der Waals surface area contributed by atoms with Crippen molar-refractivity contribution in [3.63, 3.8) is 0 Å². The first kappa shape index (κ1) is 20.1. The molecule has 3 rings (SSSR count). The van der Waals surface area contributed by atoms with Gasteiger partial charge in [0.15, 0.2) is 0 Å². The monoisotopic (exact) mass is 379 g/mol. The van der Waals surface area contributed by atoms with E-state index in [0.29, 0.717) is 17.0 Å². The molecule has 2 aromatic carbocycles. The average Bonchev–Trinajstić information content (AvgIpc) is 2.77. The lowest BCUT2D eigenvalue weighted by molar-refractivity contribution is 0.0687. The molecule has 2 aromatic rings. The molecule has 0 atom stereocenters. The standard InChI is InChI=1S/C23H29N3O2/c1-24-14-11-18-12-15-26(16-13-18)23(28)20-8-6-7-19(17-20)22(27)25(2)21-9-4-3-5-10-21/h3-10,17-18,24H,11-16H2,1-2H3. The van der Waals surface area contributed by atoms with Crippen molar-refractivity contribution in [2.24, 2.45) is 5.92 Å². The van der Waals surface area contributed by atoms with Crippen molar-refractivity contribution in [2.75, 3.05) is 38.6 Å². The highest BCUT2D eigenvalue weighted by Gasteiger charge is 2.24. The number of hydrogen-bond acceptors (Lipinski definition) is 3. The van der Waals surface area contributed by atoms with E-state index in [9.17, 15) is 9.59 Å². The number of carbonyl (C=O) groups excluding carboxylic acids is 2. The Labute approximate surface area is 167 Å². The van der Waals surface area contributed by atoms with Crippen LogP contribution in [0.2, 0.25) is 0 Å². The van der Waals surface area contributed by atoms with E-state index in [1.54, 1.807) is 36.2 Å². The van der Waals surface area contributed by atoms with Crippen LogP contribution < -0.4 is 10.2 Å². The smallest absolute Gasteiger partial charge is 0.258 e. The van der Waals surface area contributed by atoms with Gasteiger partial charge in [-0.15, -0.1) is 0 Å². The molecule has 1 aliphatic rings. The summed E-state index contributed by atoms with van der Waals surface area (Å²) >= 11 is 0. The van der Waals surface area contributed by atoms with Crippen molar-refractivity contribution >= 4 is 17.5 Å². The molecule has 1 heterocycles. The Morgan fingerprint density at radius 3 is 2.39 bits per heavy atom. The topological polar surface area (TPSA) is 52.7 Å². The molecule has 1 N–H and O–H groups in total. The molecule has 1 fully saturated rings. The lowest BCUT2D eigenvalue weighted by Gasteiger charge is -2.32. The minimum Gasteiger partial charge on any atom is -0.339 e. The zero-order valence-corrected chi connectivity index (χ0v) is 16.7. The van der Waals surface area contributed by atoms with Crippen LogP contribution in [-0.2, 0) is 0 Å². The van der Waals surface area contributed by atoms with E-state index in [-0.39, 0.29) is 11.8 Å². The van der Waals surface area contributed by atoms with E-state index < -0.39 is 0 Å². The third kappa shape index (κ3) is 4.78. The molecule has 0 spiro atoms. The van der Waals surface area contributed by atoms with Gasteiger partial charge in [0.25, 0.3) is 11.8 Å². The molecule has 0 unspecified atom stereocenters. The zero-order chi connectivity index (χ0) is 19.9. The summed E-state index contributed by atoms with van der Waals surface area (Å²) in [5.41, 5.74) is 1.94. The van der Waals surface area contributed by atoms with Gasteiger partial charge in [0, 0.05) is 37.0 Å². The Bertz CT molecular complexity index is 799. The zero-order valence-electron chi connectivity index (χ0n) is 16.7. The number of nitrogens with one attached hydrogen (secondary N) is 1. The van der Waals surface area contributed by atoms with Crippen LogP contribution in [0.4, 0.5) is 5.69 Å². The summed E-state index contributed by atoms with van der Waals surface area (Å²) in [6.07, 6.45) is 3.25. The summed E-state index contributed by atoms with van der Waals surface area (Å²) in [6, 6.07) is 16.6. The maximum Gasteiger partial charge on any atom is 0.258 e. The minimum absolute atomic E-state index is 0.0177. The normalized spacial score (nSPS) is 14.7. The van der Waals surface area contributed by atoms with Crippen LogP contribution in [0.1, 0.15) is 40.0 Å². The highest BCUT2D eigenvalue weighted by Crippen LogP contribution is 2.22. The van der Waals surface area contributed by atoms with Gasteiger partial charge in [-0.25, -0.2) is 0 Å². The Hall–Kier alpha value is -2.66. The fraction of sp³-hybridized carbons (Fsp3) is 0.391. The fourth-order valence-corrected chi connectivity index (χ4v) is 3.70. The number of amides is 2. The molecular formula is C23H29N3O2. The predicted molar refractivity (Wildman–Crippen MR) is 113 cm³/mol. The molecule has 28 heavy (non-hydrogen) atoms. The van der Waals surface area contributed by atoms with E-state index in [2.05, 4.69) is 5.32 Å². The Balaban J connectivity index is 1.66. The average molecular weight is 380 g/mol. The van der Waals surface area contributed by atoms with E-state index in [1.807, 2.05) is 42.3 Å². The van der Waals surface area contributed by atoms with Crippen LogP contribution in [-0.4, -0.2) is 50.4 Å². The molecule has 148 valence electrons. The number of hydrogen-bond donors (Lipinski definition) is 1. The quantitative estimate of drug-likeness (QED) is 0.837. The Morgan fingerprint density at radius 2 is 1.71 bits per heavy atom. The second-order valence-corrected chi connectivity index (χ2v) is 7.41. The van der Waals surface area contributed by atoms with Crippen molar-refractivity contribution in [1.29, 1.82) is 0 Å².